The zero-order chi connectivity index (χ0) is 19.0. The molecule has 0 unspecified atom stereocenters. The number of aromatic nitrogens is 2. The van der Waals surface area contributed by atoms with Gasteiger partial charge in [0.05, 0.1) is 0 Å². The molecule has 1 saturated carbocycles. The Morgan fingerprint density at radius 3 is 2.19 bits per heavy atom. The van der Waals surface area contributed by atoms with E-state index in [4.69, 9.17) is 20.8 Å². The summed E-state index contributed by atoms with van der Waals surface area (Å²) < 4.78 is 11.8. The van der Waals surface area contributed by atoms with E-state index >= 15 is 0 Å². The van der Waals surface area contributed by atoms with E-state index in [2.05, 4.69) is 10.2 Å². The maximum absolute atomic E-state index is 13.0. The number of hydrogen-bond acceptors (Lipinski definition) is 5. The van der Waals surface area contributed by atoms with E-state index in [1.807, 2.05) is 4.90 Å². The molecule has 0 atom stereocenters. The summed E-state index contributed by atoms with van der Waals surface area (Å²) in [6.45, 7) is 4.93. The van der Waals surface area contributed by atoms with Gasteiger partial charge < -0.3 is 14.1 Å². The second kappa shape index (κ2) is 7.15. The van der Waals surface area contributed by atoms with Crippen molar-refractivity contribution in [2.75, 3.05) is 13.1 Å². The third-order valence-electron chi connectivity index (χ3n) is 5.22. The average Bonchev–Trinajstić information content (AvgIpc) is 3.40. The van der Waals surface area contributed by atoms with E-state index in [-0.39, 0.29) is 11.8 Å². The number of nitrogens with zero attached hydrogens (tertiary/aromatic N) is 3. The summed E-state index contributed by atoms with van der Waals surface area (Å²) in [5.41, 5.74) is -0.940. The zero-order valence-corrected chi connectivity index (χ0v) is 16.4. The summed E-state index contributed by atoms with van der Waals surface area (Å²) in [7, 11) is 0. The van der Waals surface area contributed by atoms with Crippen LogP contribution in [0, 0.1) is 0 Å². The molecule has 1 aliphatic heterocycles. The highest BCUT2D eigenvalue weighted by molar-refractivity contribution is 6.30. The lowest BCUT2D eigenvalue weighted by Gasteiger charge is -2.36. The van der Waals surface area contributed by atoms with Gasteiger partial charge in [0.2, 0.25) is 11.8 Å². The van der Waals surface area contributed by atoms with Gasteiger partial charge in [0.25, 0.3) is 5.91 Å². The smallest absolute Gasteiger partial charge is 0.266 e. The van der Waals surface area contributed by atoms with Crippen LogP contribution in [0.15, 0.2) is 28.7 Å². The van der Waals surface area contributed by atoms with Gasteiger partial charge in [0.1, 0.15) is 5.75 Å². The Hall–Kier alpha value is -2.08. The van der Waals surface area contributed by atoms with Crippen LogP contribution >= 0.6 is 11.6 Å². The molecule has 2 aliphatic rings. The number of carbonyl (C=O) groups excluding carboxylic acids is 1. The summed E-state index contributed by atoms with van der Waals surface area (Å²) in [4.78, 5) is 14.8. The Bertz CT molecular complexity index is 806. The fraction of sp³-hybridized carbons (Fsp3) is 0.550. The van der Waals surface area contributed by atoms with Crippen molar-refractivity contribution in [1.29, 1.82) is 0 Å². The quantitative estimate of drug-likeness (QED) is 0.767. The van der Waals surface area contributed by atoms with E-state index in [1.165, 1.54) is 0 Å². The first-order chi connectivity index (χ1) is 12.9. The molecule has 0 radical (unpaired) electrons. The Morgan fingerprint density at radius 1 is 1.07 bits per heavy atom. The number of likely N-dealkylation sites (tertiary alicyclic amines) is 1. The lowest BCUT2D eigenvalue weighted by Crippen LogP contribution is -2.51. The van der Waals surface area contributed by atoms with Crippen molar-refractivity contribution in [1.82, 2.24) is 15.1 Å². The number of halogens is 1. The molecule has 27 heavy (non-hydrogen) atoms. The predicted molar refractivity (Wildman–Crippen MR) is 101 cm³/mol. The molecule has 1 aromatic carbocycles. The maximum Gasteiger partial charge on any atom is 0.266 e. The fourth-order valence-electron chi connectivity index (χ4n) is 3.46. The topological polar surface area (TPSA) is 68.5 Å². The minimum Gasteiger partial charge on any atom is -0.478 e. The lowest BCUT2D eigenvalue weighted by atomic mass is 9.95. The highest BCUT2D eigenvalue weighted by atomic mass is 35.5. The van der Waals surface area contributed by atoms with Crippen molar-refractivity contribution in [3.8, 4) is 5.75 Å². The number of rotatable bonds is 5. The Balaban J connectivity index is 1.34. The molecule has 2 aromatic rings. The molecule has 0 N–H and O–H groups in total. The summed E-state index contributed by atoms with van der Waals surface area (Å²) in [6.07, 6.45) is 3.96. The van der Waals surface area contributed by atoms with Crippen molar-refractivity contribution in [2.45, 2.75) is 57.0 Å². The number of hydrogen-bond donors (Lipinski definition) is 0. The first kappa shape index (κ1) is 18.3. The average molecular weight is 390 g/mol. The van der Waals surface area contributed by atoms with Gasteiger partial charge in [0.15, 0.2) is 5.60 Å². The third-order valence-corrected chi connectivity index (χ3v) is 5.47. The number of piperidine rings is 1. The fourth-order valence-corrected chi connectivity index (χ4v) is 3.58. The van der Waals surface area contributed by atoms with Crippen molar-refractivity contribution >= 4 is 17.5 Å². The summed E-state index contributed by atoms with van der Waals surface area (Å²) in [5, 5.41) is 9.04. The van der Waals surface area contributed by atoms with Gasteiger partial charge in [-0.3, -0.25) is 4.79 Å². The van der Waals surface area contributed by atoms with Gasteiger partial charge in [-0.15, -0.1) is 10.2 Å². The van der Waals surface area contributed by atoms with E-state index in [0.29, 0.717) is 29.8 Å². The molecule has 0 spiro atoms. The van der Waals surface area contributed by atoms with Gasteiger partial charge in [0, 0.05) is 29.9 Å². The second-order valence-corrected chi connectivity index (χ2v) is 8.32. The Labute approximate surface area is 163 Å². The van der Waals surface area contributed by atoms with Crippen LogP contribution in [0.3, 0.4) is 0 Å². The lowest BCUT2D eigenvalue weighted by molar-refractivity contribution is -0.146. The summed E-state index contributed by atoms with van der Waals surface area (Å²) in [6, 6.07) is 7.06. The standard InChI is InChI=1S/C20H24ClN3O3/c1-20(2,27-16-7-5-15(21)6-8-16)19(25)24-11-9-14(10-12-24)18-23-22-17(26-18)13-3-4-13/h5-8,13-14H,3-4,9-12H2,1-2H3. The SMILES string of the molecule is CC(C)(Oc1ccc(Cl)cc1)C(=O)N1CCC(c2nnc(C3CC3)o2)CC1. The van der Waals surface area contributed by atoms with E-state index in [0.717, 1.165) is 37.5 Å². The van der Waals surface area contributed by atoms with Gasteiger partial charge in [-0.1, -0.05) is 11.6 Å². The molecule has 2 heterocycles. The molecule has 1 saturated heterocycles. The number of carbonyl (C=O) groups is 1. The van der Waals surface area contributed by atoms with Crippen molar-refractivity contribution in [3.05, 3.63) is 41.1 Å². The minimum atomic E-state index is -0.940. The van der Waals surface area contributed by atoms with E-state index in [1.54, 1.807) is 38.1 Å². The Kier molecular flexibility index (Phi) is 4.84. The molecule has 1 aliphatic carbocycles. The molecule has 1 amide bonds. The molecule has 6 nitrogen and oxygen atoms in total. The first-order valence-corrected chi connectivity index (χ1v) is 9.87. The highest BCUT2D eigenvalue weighted by Gasteiger charge is 2.37. The molecule has 1 aromatic heterocycles. The van der Waals surface area contributed by atoms with Crippen LogP contribution in [0.25, 0.3) is 0 Å². The summed E-state index contributed by atoms with van der Waals surface area (Å²) in [5.74, 6) is 2.82. The molecule has 2 fully saturated rings. The van der Waals surface area contributed by atoms with Gasteiger partial charge in [-0.05, 0) is 63.8 Å². The second-order valence-electron chi connectivity index (χ2n) is 7.89. The number of benzene rings is 1. The number of ether oxygens (including phenoxy) is 1. The first-order valence-electron chi connectivity index (χ1n) is 9.49. The van der Waals surface area contributed by atoms with Crippen LogP contribution in [0.2, 0.25) is 5.02 Å². The highest BCUT2D eigenvalue weighted by Crippen LogP contribution is 2.40. The van der Waals surface area contributed by atoms with E-state index < -0.39 is 5.60 Å². The maximum atomic E-state index is 13.0. The van der Waals surface area contributed by atoms with Crippen molar-refractivity contribution < 1.29 is 13.9 Å². The van der Waals surface area contributed by atoms with E-state index in [9.17, 15) is 4.79 Å². The van der Waals surface area contributed by atoms with Crippen molar-refractivity contribution in [2.24, 2.45) is 0 Å². The minimum absolute atomic E-state index is 0.0138. The number of amides is 1. The van der Waals surface area contributed by atoms with Crippen LogP contribution in [0.5, 0.6) is 5.75 Å². The zero-order valence-electron chi connectivity index (χ0n) is 15.7. The molecule has 0 bridgehead atoms. The largest absolute Gasteiger partial charge is 0.478 e. The molecule has 7 heteroatoms. The van der Waals surface area contributed by atoms with Crippen LogP contribution < -0.4 is 4.74 Å². The molecular weight excluding hydrogens is 366 g/mol. The third kappa shape index (κ3) is 4.10. The molecule has 4 rings (SSSR count). The molecular formula is C20H24ClN3O3. The monoisotopic (exact) mass is 389 g/mol. The van der Waals surface area contributed by atoms with Crippen LogP contribution in [0.4, 0.5) is 0 Å². The van der Waals surface area contributed by atoms with Gasteiger partial charge in [-0.25, -0.2) is 0 Å². The molecule has 144 valence electrons. The summed E-state index contributed by atoms with van der Waals surface area (Å²) >= 11 is 5.91. The van der Waals surface area contributed by atoms with Crippen LogP contribution in [0.1, 0.15) is 63.1 Å². The normalized spacial score (nSPS) is 18.6. The van der Waals surface area contributed by atoms with Crippen LogP contribution in [-0.2, 0) is 4.79 Å². The Morgan fingerprint density at radius 2 is 1.63 bits per heavy atom. The van der Waals surface area contributed by atoms with Crippen molar-refractivity contribution in [3.63, 3.8) is 0 Å². The predicted octanol–water partition coefficient (Wildman–Crippen LogP) is 4.16. The van der Waals surface area contributed by atoms with Crippen LogP contribution in [-0.4, -0.2) is 39.7 Å². The van der Waals surface area contributed by atoms with Gasteiger partial charge in [-0.2, -0.15) is 0 Å². The van der Waals surface area contributed by atoms with Gasteiger partial charge >= 0.3 is 0 Å².